The minimum atomic E-state index is -0.0250. The van der Waals surface area contributed by atoms with Crippen molar-refractivity contribution in [1.29, 1.82) is 0 Å². The SMILES string of the molecule is CC(=O)NCCn1nc([C@H]2CCCN(Cc3cccnc3)C2)c2cccnc21. The first-order valence-electron chi connectivity index (χ1n) is 9.88. The van der Waals surface area contributed by atoms with Crippen LogP contribution in [0.4, 0.5) is 0 Å². The number of nitrogens with zero attached hydrogens (tertiary/aromatic N) is 5. The molecule has 0 radical (unpaired) electrons. The second-order valence-corrected chi connectivity index (χ2v) is 7.40. The first-order valence-corrected chi connectivity index (χ1v) is 9.88. The number of fused-ring (bicyclic) bond motifs is 1. The molecule has 28 heavy (non-hydrogen) atoms. The summed E-state index contributed by atoms with van der Waals surface area (Å²) in [4.78, 5) is 22.4. The lowest BCUT2D eigenvalue weighted by molar-refractivity contribution is -0.118. The maximum absolute atomic E-state index is 11.2. The van der Waals surface area contributed by atoms with Gasteiger partial charge < -0.3 is 5.32 Å². The molecule has 7 heteroatoms. The zero-order valence-electron chi connectivity index (χ0n) is 16.2. The molecule has 0 spiro atoms. The third-order valence-corrected chi connectivity index (χ3v) is 5.25. The van der Waals surface area contributed by atoms with Crippen molar-refractivity contribution in [3.63, 3.8) is 0 Å². The van der Waals surface area contributed by atoms with Gasteiger partial charge in [-0.3, -0.25) is 14.7 Å². The largest absolute Gasteiger partial charge is 0.354 e. The summed E-state index contributed by atoms with van der Waals surface area (Å²) < 4.78 is 1.93. The molecule has 1 N–H and O–H groups in total. The molecule has 0 aromatic carbocycles. The Morgan fingerprint density at radius 1 is 1.29 bits per heavy atom. The van der Waals surface area contributed by atoms with E-state index < -0.39 is 0 Å². The van der Waals surface area contributed by atoms with Gasteiger partial charge in [0.1, 0.15) is 0 Å². The fraction of sp³-hybridized carbons (Fsp3) is 0.429. The Hall–Kier alpha value is -2.80. The van der Waals surface area contributed by atoms with Crippen molar-refractivity contribution in [1.82, 2.24) is 30.0 Å². The zero-order chi connectivity index (χ0) is 19.3. The highest BCUT2D eigenvalue weighted by molar-refractivity contribution is 5.79. The van der Waals surface area contributed by atoms with Gasteiger partial charge in [-0.05, 0) is 43.1 Å². The van der Waals surface area contributed by atoms with Crippen LogP contribution in [-0.4, -0.2) is 50.2 Å². The van der Waals surface area contributed by atoms with Crippen LogP contribution in [0.1, 0.15) is 36.9 Å². The summed E-state index contributed by atoms with van der Waals surface area (Å²) in [5.74, 6) is 0.363. The molecule has 4 heterocycles. The van der Waals surface area contributed by atoms with Gasteiger partial charge in [0.15, 0.2) is 5.65 Å². The number of aromatic nitrogens is 4. The predicted molar refractivity (Wildman–Crippen MR) is 108 cm³/mol. The second kappa shape index (κ2) is 8.48. The van der Waals surface area contributed by atoms with Crippen LogP contribution >= 0.6 is 0 Å². The highest BCUT2D eigenvalue weighted by Crippen LogP contribution is 2.31. The summed E-state index contributed by atoms with van der Waals surface area (Å²) in [6.45, 7) is 5.72. The zero-order valence-corrected chi connectivity index (χ0v) is 16.2. The molecular weight excluding hydrogens is 352 g/mol. The number of nitrogens with one attached hydrogen (secondary N) is 1. The van der Waals surface area contributed by atoms with Crippen LogP contribution in [-0.2, 0) is 17.9 Å². The van der Waals surface area contributed by atoms with Crippen LogP contribution < -0.4 is 5.32 Å². The van der Waals surface area contributed by atoms with Gasteiger partial charge in [0, 0.05) is 56.5 Å². The molecule has 3 aromatic heterocycles. The van der Waals surface area contributed by atoms with E-state index in [0.717, 1.165) is 49.2 Å². The first-order chi connectivity index (χ1) is 13.7. The van der Waals surface area contributed by atoms with E-state index in [2.05, 4.69) is 32.3 Å². The number of carbonyl (C=O) groups is 1. The van der Waals surface area contributed by atoms with Gasteiger partial charge in [-0.25, -0.2) is 9.67 Å². The fourth-order valence-corrected chi connectivity index (χ4v) is 4.00. The molecule has 1 atom stereocenters. The van der Waals surface area contributed by atoms with E-state index in [1.54, 1.807) is 6.20 Å². The van der Waals surface area contributed by atoms with Crippen LogP contribution in [0.5, 0.6) is 0 Å². The van der Waals surface area contributed by atoms with Gasteiger partial charge in [0.05, 0.1) is 12.2 Å². The average Bonchev–Trinajstić information content (AvgIpc) is 3.08. The number of likely N-dealkylation sites (tertiary alicyclic amines) is 1. The van der Waals surface area contributed by atoms with Gasteiger partial charge >= 0.3 is 0 Å². The molecule has 1 fully saturated rings. The fourth-order valence-electron chi connectivity index (χ4n) is 4.00. The summed E-state index contributed by atoms with van der Waals surface area (Å²) in [6.07, 6.45) is 7.86. The summed E-state index contributed by atoms with van der Waals surface area (Å²) in [7, 11) is 0. The van der Waals surface area contributed by atoms with Crippen molar-refractivity contribution < 1.29 is 4.79 Å². The Kier molecular flexibility index (Phi) is 5.62. The number of amides is 1. The molecule has 7 nitrogen and oxygen atoms in total. The second-order valence-electron chi connectivity index (χ2n) is 7.40. The third-order valence-electron chi connectivity index (χ3n) is 5.25. The van der Waals surface area contributed by atoms with Crippen LogP contribution in [0.25, 0.3) is 11.0 Å². The molecule has 0 unspecified atom stereocenters. The Labute approximate surface area is 164 Å². The van der Waals surface area contributed by atoms with Gasteiger partial charge in [0.25, 0.3) is 0 Å². The monoisotopic (exact) mass is 378 g/mol. The van der Waals surface area contributed by atoms with E-state index in [9.17, 15) is 4.79 Å². The van der Waals surface area contributed by atoms with Crippen molar-refractivity contribution in [3.05, 3.63) is 54.1 Å². The molecule has 3 aromatic rings. The summed E-state index contributed by atoms with van der Waals surface area (Å²) >= 11 is 0. The summed E-state index contributed by atoms with van der Waals surface area (Å²) in [6, 6.07) is 8.21. The molecule has 146 valence electrons. The molecule has 1 aliphatic heterocycles. The van der Waals surface area contributed by atoms with Crippen LogP contribution in [0.15, 0.2) is 42.9 Å². The number of pyridine rings is 2. The van der Waals surface area contributed by atoms with E-state index in [1.807, 2.05) is 29.2 Å². The van der Waals surface area contributed by atoms with E-state index in [-0.39, 0.29) is 5.91 Å². The van der Waals surface area contributed by atoms with Gasteiger partial charge in [0.2, 0.25) is 5.91 Å². The van der Waals surface area contributed by atoms with Gasteiger partial charge in [-0.15, -0.1) is 0 Å². The van der Waals surface area contributed by atoms with Crippen molar-refractivity contribution >= 4 is 16.9 Å². The molecule has 1 saturated heterocycles. The first kappa shape index (κ1) is 18.6. The van der Waals surface area contributed by atoms with E-state index in [1.165, 1.54) is 12.5 Å². The molecule has 0 bridgehead atoms. The van der Waals surface area contributed by atoms with Crippen LogP contribution in [0.2, 0.25) is 0 Å². The predicted octanol–water partition coefficient (Wildman–Crippen LogP) is 2.34. The molecule has 0 saturated carbocycles. The molecular formula is C21H26N6O. The highest BCUT2D eigenvalue weighted by atomic mass is 16.1. The van der Waals surface area contributed by atoms with Gasteiger partial charge in [-0.2, -0.15) is 5.10 Å². The van der Waals surface area contributed by atoms with Crippen molar-refractivity contribution in [2.24, 2.45) is 0 Å². The lowest BCUT2D eigenvalue weighted by atomic mass is 9.93. The maximum atomic E-state index is 11.2. The number of rotatable bonds is 6. The van der Waals surface area contributed by atoms with E-state index in [4.69, 9.17) is 5.10 Å². The third kappa shape index (κ3) is 4.20. The van der Waals surface area contributed by atoms with Gasteiger partial charge in [-0.1, -0.05) is 6.07 Å². The van der Waals surface area contributed by atoms with E-state index >= 15 is 0 Å². The van der Waals surface area contributed by atoms with Crippen LogP contribution in [0.3, 0.4) is 0 Å². The lowest BCUT2D eigenvalue weighted by Gasteiger charge is -2.32. The Bertz CT molecular complexity index is 938. The maximum Gasteiger partial charge on any atom is 0.216 e. The Balaban J connectivity index is 1.53. The Morgan fingerprint density at radius 2 is 2.18 bits per heavy atom. The topological polar surface area (TPSA) is 75.9 Å². The normalized spacial score (nSPS) is 17.7. The molecule has 1 amide bonds. The number of hydrogen-bond acceptors (Lipinski definition) is 5. The highest BCUT2D eigenvalue weighted by Gasteiger charge is 2.26. The summed E-state index contributed by atoms with van der Waals surface area (Å²) in [5, 5.41) is 8.88. The van der Waals surface area contributed by atoms with Crippen molar-refractivity contribution in [2.75, 3.05) is 19.6 Å². The smallest absolute Gasteiger partial charge is 0.216 e. The lowest BCUT2D eigenvalue weighted by Crippen LogP contribution is -2.34. The molecule has 1 aliphatic rings. The van der Waals surface area contributed by atoms with Crippen LogP contribution in [0, 0.1) is 0 Å². The number of hydrogen-bond donors (Lipinski definition) is 1. The number of piperidine rings is 1. The minimum Gasteiger partial charge on any atom is -0.354 e. The average molecular weight is 378 g/mol. The molecule has 4 rings (SSSR count). The van der Waals surface area contributed by atoms with Crippen molar-refractivity contribution in [2.45, 2.75) is 38.8 Å². The Morgan fingerprint density at radius 3 is 3.00 bits per heavy atom. The minimum absolute atomic E-state index is 0.0250. The standard InChI is InChI=1S/C21H26N6O/c1-16(28)23-10-12-27-21-19(7-3-9-24-21)20(25-27)18-6-4-11-26(15-18)14-17-5-2-8-22-13-17/h2-3,5,7-9,13,18H,4,6,10-12,14-15H2,1H3,(H,23,28)/t18-/m0/s1. The number of carbonyl (C=O) groups excluding carboxylic acids is 1. The molecule has 0 aliphatic carbocycles. The summed E-state index contributed by atoms with van der Waals surface area (Å²) in [5.41, 5.74) is 3.27. The quantitative estimate of drug-likeness (QED) is 0.713. The van der Waals surface area contributed by atoms with Crippen molar-refractivity contribution in [3.8, 4) is 0 Å². The van der Waals surface area contributed by atoms with E-state index in [0.29, 0.717) is 19.0 Å².